The molecule has 0 amide bonds. The molecule has 0 radical (unpaired) electrons. The van der Waals surface area contributed by atoms with Gasteiger partial charge in [0.25, 0.3) is 0 Å². The van der Waals surface area contributed by atoms with E-state index < -0.39 is 47.6 Å². The maximum atomic E-state index is 12.3. The van der Waals surface area contributed by atoms with Gasteiger partial charge in [-0.25, -0.2) is 9.59 Å². The fraction of sp³-hybridized carbons (Fsp3) is 0.944. The molecule has 4 unspecified atom stereocenters. The Bertz CT molecular complexity index is 1110. The second-order valence-corrected chi connectivity index (χ2v) is 15.9. The number of cyclic esters (lactones) is 2. The molecule has 12 nitrogen and oxygen atoms in total. The fourth-order valence-electron chi connectivity index (χ4n) is 10.1. The number of ether oxygens (including phenoxy) is 10. The highest BCUT2D eigenvalue weighted by Gasteiger charge is 2.64. The first-order chi connectivity index (χ1) is 23.4. The van der Waals surface area contributed by atoms with E-state index in [0.717, 1.165) is 103 Å². The third-order valence-corrected chi connectivity index (χ3v) is 12.5. The lowest BCUT2D eigenvalue weighted by Gasteiger charge is -2.34. The Morgan fingerprint density at radius 3 is 1.06 bits per heavy atom. The van der Waals surface area contributed by atoms with Crippen LogP contribution in [0.2, 0.25) is 0 Å². The SMILES string of the molecule is O=C1O[C@@H](C2COC3(CCCCC3)O2)C2OC3(CCCCC3)O[C@@H]12.O=C1O[C@@H](C2COC3(CCCCC3)O2)C2OC3(CCCCC3)O[C@@H]12. The molecule has 0 N–H and O–H groups in total. The van der Waals surface area contributed by atoms with Gasteiger partial charge in [0.15, 0.2) is 47.6 Å². The average Bonchev–Trinajstić information content (AvgIpc) is 3.95. The number of hydrogen-bond acceptors (Lipinski definition) is 12. The van der Waals surface area contributed by atoms with E-state index in [0.29, 0.717) is 13.2 Å². The highest BCUT2D eigenvalue weighted by Crippen LogP contribution is 2.49. The minimum Gasteiger partial charge on any atom is -0.455 e. The third-order valence-electron chi connectivity index (χ3n) is 12.5. The summed E-state index contributed by atoms with van der Waals surface area (Å²) >= 11 is 0. The maximum absolute atomic E-state index is 12.3. The van der Waals surface area contributed by atoms with Gasteiger partial charge < -0.3 is 47.4 Å². The molecule has 6 heterocycles. The molecular weight excluding hydrogens is 624 g/mol. The molecule has 10 fully saturated rings. The van der Waals surface area contributed by atoms with Crippen LogP contribution in [-0.2, 0) is 57.0 Å². The Morgan fingerprint density at radius 2 is 0.708 bits per heavy atom. The standard InChI is InChI=1S/2C18H26O6/c2*19-16-15-14(23-18(24-15)9-5-2-6-10-18)13(21-16)12-11-20-17(22-12)7-3-1-4-8-17/h2*12-15H,1-11H2/t2*12?,13-,14?,15+/m00/s1. The summed E-state index contributed by atoms with van der Waals surface area (Å²) in [7, 11) is 0. The van der Waals surface area contributed by atoms with Gasteiger partial charge in [0.1, 0.15) is 24.4 Å². The third kappa shape index (κ3) is 5.84. The number of carbonyl (C=O) groups is 2. The predicted molar refractivity (Wildman–Crippen MR) is 164 cm³/mol. The number of hydrogen-bond donors (Lipinski definition) is 0. The lowest BCUT2D eigenvalue weighted by atomic mass is 9.94. The van der Waals surface area contributed by atoms with Crippen LogP contribution in [0, 0.1) is 0 Å². The zero-order valence-electron chi connectivity index (χ0n) is 28.1. The Balaban J connectivity index is 0.000000131. The topological polar surface area (TPSA) is 126 Å². The summed E-state index contributed by atoms with van der Waals surface area (Å²) in [5.41, 5.74) is 0. The van der Waals surface area contributed by atoms with Crippen LogP contribution in [0.25, 0.3) is 0 Å². The highest BCUT2D eigenvalue weighted by molar-refractivity contribution is 5.79. The van der Waals surface area contributed by atoms with Crippen molar-refractivity contribution in [2.24, 2.45) is 0 Å². The molecule has 0 bridgehead atoms. The van der Waals surface area contributed by atoms with Crippen LogP contribution in [0.1, 0.15) is 128 Å². The summed E-state index contributed by atoms with van der Waals surface area (Å²) in [4.78, 5) is 24.6. The van der Waals surface area contributed by atoms with Crippen LogP contribution in [0.5, 0.6) is 0 Å². The number of fused-ring (bicyclic) bond motifs is 2. The minimum absolute atomic E-state index is 0.246. The first kappa shape index (κ1) is 32.5. The maximum Gasteiger partial charge on any atom is 0.338 e. The summed E-state index contributed by atoms with van der Waals surface area (Å²) in [5, 5.41) is 0. The molecule has 10 rings (SSSR count). The molecule has 6 saturated heterocycles. The van der Waals surface area contributed by atoms with Gasteiger partial charge in [-0.05, 0) is 51.4 Å². The van der Waals surface area contributed by atoms with Crippen molar-refractivity contribution < 1.29 is 57.0 Å². The van der Waals surface area contributed by atoms with Crippen molar-refractivity contribution in [1.82, 2.24) is 0 Å². The van der Waals surface area contributed by atoms with Crippen LogP contribution in [-0.4, -0.2) is 97.1 Å². The zero-order chi connectivity index (χ0) is 32.4. The van der Waals surface area contributed by atoms with Gasteiger partial charge in [-0.3, -0.25) is 0 Å². The van der Waals surface area contributed by atoms with Gasteiger partial charge >= 0.3 is 11.9 Å². The van der Waals surface area contributed by atoms with Crippen molar-refractivity contribution in [3.05, 3.63) is 0 Å². The van der Waals surface area contributed by atoms with Gasteiger partial charge in [-0.15, -0.1) is 0 Å². The molecule has 6 aliphatic heterocycles. The smallest absolute Gasteiger partial charge is 0.338 e. The molecular formula is C36H52O12. The molecule has 10 aliphatic rings. The van der Waals surface area contributed by atoms with Crippen molar-refractivity contribution in [2.45, 2.75) is 200 Å². The van der Waals surface area contributed by atoms with Gasteiger partial charge in [-0.1, -0.05) is 25.7 Å². The van der Waals surface area contributed by atoms with E-state index in [-0.39, 0.29) is 36.4 Å². The van der Waals surface area contributed by atoms with E-state index in [4.69, 9.17) is 47.4 Å². The summed E-state index contributed by atoms with van der Waals surface area (Å²) < 4.78 is 60.4. The molecule has 4 aliphatic carbocycles. The van der Waals surface area contributed by atoms with Crippen LogP contribution in [0.4, 0.5) is 0 Å². The van der Waals surface area contributed by atoms with Crippen LogP contribution >= 0.6 is 0 Å². The lowest BCUT2D eigenvalue weighted by Crippen LogP contribution is -2.43. The normalized spacial score (nSPS) is 43.2. The van der Waals surface area contributed by atoms with E-state index in [9.17, 15) is 9.59 Å². The molecule has 12 heteroatoms. The van der Waals surface area contributed by atoms with E-state index in [1.54, 1.807) is 0 Å². The molecule has 0 aromatic heterocycles. The molecule has 4 spiro atoms. The Kier molecular flexibility index (Phi) is 8.59. The first-order valence-corrected chi connectivity index (χ1v) is 19.1. The van der Waals surface area contributed by atoms with Crippen LogP contribution in [0.15, 0.2) is 0 Å². The van der Waals surface area contributed by atoms with Crippen LogP contribution < -0.4 is 0 Å². The largest absolute Gasteiger partial charge is 0.455 e. The van der Waals surface area contributed by atoms with Crippen molar-refractivity contribution in [3.8, 4) is 0 Å². The van der Waals surface area contributed by atoms with Crippen molar-refractivity contribution in [2.75, 3.05) is 13.2 Å². The van der Waals surface area contributed by atoms with E-state index in [2.05, 4.69) is 0 Å². The summed E-state index contributed by atoms with van der Waals surface area (Å²) in [6.45, 7) is 0.940. The van der Waals surface area contributed by atoms with Crippen molar-refractivity contribution in [3.63, 3.8) is 0 Å². The summed E-state index contributed by atoms with van der Waals surface area (Å²) in [5.74, 6) is -2.69. The first-order valence-electron chi connectivity index (χ1n) is 19.1. The molecule has 4 saturated carbocycles. The second kappa shape index (κ2) is 12.7. The van der Waals surface area contributed by atoms with Gasteiger partial charge in [0.05, 0.1) is 13.2 Å². The quantitative estimate of drug-likeness (QED) is 0.371. The van der Waals surface area contributed by atoms with Crippen molar-refractivity contribution >= 4 is 11.9 Å². The average molecular weight is 677 g/mol. The monoisotopic (exact) mass is 676 g/mol. The number of rotatable bonds is 2. The van der Waals surface area contributed by atoms with Crippen molar-refractivity contribution in [1.29, 1.82) is 0 Å². The summed E-state index contributed by atoms with van der Waals surface area (Å²) in [6.07, 6.45) is 17.7. The number of carbonyl (C=O) groups excluding carboxylic acids is 2. The van der Waals surface area contributed by atoms with Gasteiger partial charge in [0, 0.05) is 51.4 Å². The van der Waals surface area contributed by atoms with E-state index in [1.165, 1.54) is 25.7 Å². The van der Waals surface area contributed by atoms with E-state index >= 15 is 0 Å². The molecule has 0 aromatic rings. The van der Waals surface area contributed by atoms with Crippen LogP contribution in [0.3, 0.4) is 0 Å². The molecule has 48 heavy (non-hydrogen) atoms. The minimum atomic E-state index is -0.598. The second-order valence-electron chi connectivity index (χ2n) is 15.9. The van der Waals surface area contributed by atoms with E-state index in [1.807, 2.05) is 0 Å². The zero-order valence-corrected chi connectivity index (χ0v) is 28.1. The lowest BCUT2D eigenvalue weighted by molar-refractivity contribution is -0.230. The summed E-state index contributed by atoms with van der Waals surface area (Å²) in [6, 6.07) is 0. The predicted octanol–water partition coefficient (Wildman–Crippen LogP) is 4.86. The van der Waals surface area contributed by atoms with Gasteiger partial charge in [0.2, 0.25) is 0 Å². The Labute approximate surface area is 282 Å². The fourth-order valence-corrected chi connectivity index (χ4v) is 10.1. The highest BCUT2D eigenvalue weighted by atomic mass is 16.8. The number of esters is 2. The Hall–Kier alpha value is -1.38. The molecule has 0 aromatic carbocycles. The molecule has 268 valence electrons. The van der Waals surface area contributed by atoms with Gasteiger partial charge in [-0.2, -0.15) is 0 Å². The Morgan fingerprint density at radius 1 is 0.375 bits per heavy atom. The molecule has 8 atom stereocenters.